The first-order valence-electron chi connectivity index (χ1n) is 7.80. The van der Waals surface area contributed by atoms with Gasteiger partial charge in [-0.25, -0.2) is 0 Å². The number of fused-ring (bicyclic) bond motifs is 1. The van der Waals surface area contributed by atoms with Crippen LogP contribution in [0.3, 0.4) is 0 Å². The number of rotatable bonds is 3. The molecule has 1 aromatic heterocycles. The lowest BCUT2D eigenvalue weighted by Gasteiger charge is -2.18. The van der Waals surface area contributed by atoms with E-state index in [1.165, 1.54) is 0 Å². The van der Waals surface area contributed by atoms with E-state index in [2.05, 4.69) is 15.5 Å². The molecule has 126 valence electrons. The van der Waals surface area contributed by atoms with Crippen LogP contribution in [0.1, 0.15) is 15.9 Å². The van der Waals surface area contributed by atoms with Crippen molar-refractivity contribution in [2.24, 2.45) is 0 Å². The van der Waals surface area contributed by atoms with Crippen LogP contribution in [0.15, 0.2) is 46.9 Å². The average Bonchev–Trinajstić information content (AvgIpc) is 3.10. The molecule has 25 heavy (non-hydrogen) atoms. The van der Waals surface area contributed by atoms with Crippen molar-refractivity contribution >= 4 is 11.9 Å². The van der Waals surface area contributed by atoms with Crippen molar-refractivity contribution < 1.29 is 18.7 Å². The molecule has 0 bridgehead atoms. The molecular formula is C18H15N3O4. The molecular weight excluding hydrogens is 322 g/mol. The van der Waals surface area contributed by atoms with E-state index in [4.69, 9.17) is 13.9 Å². The molecule has 3 aromatic rings. The third-order valence-electron chi connectivity index (χ3n) is 3.71. The number of anilines is 1. The highest BCUT2D eigenvalue weighted by atomic mass is 16.6. The minimum absolute atomic E-state index is 0.0383. The second-order valence-corrected chi connectivity index (χ2v) is 5.59. The first-order chi connectivity index (χ1) is 12.2. The largest absolute Gasteiger partial charge is 0.486 e. The Kier molecular flexibility index (Phi) is 3.81. The van der Waals surface area contributed by atoms with Crippen LogP contribution in [0.5, 0.6) is 11.5 Å². The molecule has 2 aromatic carbocycles. The number of aryl methyl sites for hydroxylation is 1. The lowest BCUT2D eigenvalue weighted by Crippen LogP contribution is -2.17. The topological polar surface area (TPSA) is 86.5 Å². The van der Waals surface area contributed by atoms with Crippen molar-refractivity contribution in [3.63, 3.8) is 0 Å². The lowest BCUT2D eigenvalue weighted by molar-refractivity contribution is 0.102. The van der Waals surface area contributed by atoms with E-state index in [1.807, 2.05) is 31.2 Å². The van der Waals surface area contributed by atoms with Gasteiger partial charge in [-0.05, 0) is 37.3 Å². The van der Waals surface area contributed by atoms with Crippen molar-refractivity contribution in [3.05, 3.63) is 53.6 Å². The quantitative estimate of drug-likeness (QED) is 0.790. The molecule has 4 rings (SSSR count). The van der Waals surface area contributed by atoms with Crippen LogP contribution >= 0.6 is 0 Å². The van der Waals surface area contributed by atoms with Crippen molar-refractivity contribution in [3.8, 4) is 23.0 Å². The smallest absolute Gasteiger partial charge is 0.322 e. The number of ether oxygens (including phenoxy) is 2. The number of nitrogens with zero attached hydrogens (tertiary/aromatic N) is 2. The Morgan fingerprint density at radius 2 is 1.88 bits per heavy atom. The first-order valence-corrected chi connectivity index (χ1v) is 7.80. The van der Waals surface area contributed by atoms with Gasteiger partial charge >= 0.3 is 6.01 Å². The summed E-state index contributed by atoms with van der Waals surface area (Å²) >= 11 is 0. The molecule has 7 heteroatoms. The predicted octanol–water partition coefficient (Wildman–Crippen LogP) is 3.07. The molecule has 0 spiro atoms. The Balaban J connectivity index is 1.52. The number of aromatic nitrogens is 2. The highest BCUT2D eigenvalue weighted by molar-refractivity contribution is 6.03. The van der Waals surface area contributed by atoms with E-state index in [0.29, 0.717) is 36.2 Å². The molecule has 2 heterocycles. The average molecular weight is 337 g/mol. The maximum Gasteiger partial charge on any atom is 0.322 e. The highest BCUT2D eigenvalue weighted by Gasteiger charge is 2.17. The maximum absolute atomic E-state index is 12.4. The summed E-state index contributed by atoms with van der Waals surface area (Å²) in [6.07, 6.45) is 0. The molecule has 0 saturated heterocycles. The minimum Gasteiger partial charge on any atom is -0.486 e. The van der Waals surface area contributed by atoms with Crippen molar-refractivity contribution in [1.82, 2.24) is 10.2 Å². The normalized spacial score (nSPS) is 12.7. The summed E-state index contributed by atoms with van der Waals surface area (Å²) in [6, 6.07) is 12.7. The van der Waals surface area contributed by atoms with Crippen molar-refractivity contribution in [2.75, 3.05) is 18.5 Å². The van der Waals surface area contributed by atoms with Crippen LogP contribution in [-0.4, -0.2) is 29.3 Å². The second-order valence-electron chi connectivity index (χ2n) is 5.59. The van der Waals surface area contributed by atoms with Crippen molar-refractivity contribution in [1.29, 1.82) is 0 Å². The van der Waals surface area contributed by atoms with E-state index in [-0.39, 0.29) is 11.9 Å². The van der Waals surface area contributed by atoms with Crippen LogP contribution in [0.4, 0.5) is 6.01 Å². The number of carbonyl (C=O) groups excluding carboxylic acids is 1. The van der Waals surface area contributed by atoms with E-state index in [0.717, 1.165) is 11.1 Å². The monoisotopic (exact) mass is 337 g/mol. The van der Waals surface area contributed by atoms with Gasteiger partial charge in [0.05, 0.1) is 0 Å². The number of carbonyl (C=O) groups is 1. The van der Waals surface area contributed by atoms with Crippen LogP contribution in [0, 0.1) is 6.92 Å². The summed E-state index contributed by atoms with van der Waals surface area (Å²) < 4.78 is 16.4. The Hall–Kier alpha value is -3.35. The SMILES string of the molecule is Cc1cccc(-c2nnc(NC(=O)c3ccc4c(c3)OCCO4)o2)c1. The van der Waals surface area contributed by atoms with Gasteiger partial charge in [-0.1, -0.05) is 22.8 Å². The van der Waals surface area contributed by atoms with Gasteiger partial charge in [0.25, 0.3) is 5.91 Å². The predicted molar refractivity (Wildman–Crippen MR) is 89.9 cm³/mol. The van der Waals surface area contributed by atoms with Crippen LogP contribution in [-0.2, 0) is 0 Å². The Labute approximate surface area is 143 Å². The van der Waals surface area contributed by atoms with Gasteiger partial charge in [0, 0.05) is 11.1 Å². The zero-order valence-corrected chi connectivity index (χ0v) is 13.5. The molecule has 0 aliphatic carbocycles. The van der Waals surface area contributed by atoms with Crippen LogP contribution < -0.4 is 14.8 Å². The summed E-state index contributed by atoms with van der Waals surface area (Å²) in [5.41, 5.74) is 2.30. The standard InChI is InChI=1S/C18H15N3O4/c1-11-3-2-4-13(9-11)17-20-21-18(25-17)19-16(22)12-5-6-14-15(10-12)24-8-7-23-14/h2-6,9-10H,7-8H2,1H3,(H,19,21,22). The molecule has 0 fully saturated rings. The van der Waals surface area contributed by atoms with Gasteiger partial charge < -0.3 is 13.9 Å². The summed E-state index contributed by atoms with van der Waals surface area (Å²) in [5.74, 6) is 1.16. The van der Waals surface area contributed by atoms with E-state index >= 15 is 0 Å². The van der Waals surface area contributed by atoms with Gasteiger partial charge in [-0.3, -0.25) is 10.1 Å². The van der Waals surface area contributed by atoms with Gasteiger partial charge in [-0.2, -0.15) is 0 Å². The third kappa shape index (κ3) is 3.16. The summed E-state index contributed by atoms with van der Waals surface area (Å²) in [4.78, 5) is 12.4. The number of hydrogen-bond acceptors (Lipinski definition) is 6. The molecule has 7 nitrogen and oxygen atoms in total. The van der Waals surface area contributed by atoms with Crippen molar-refractivity contribution in [2.45, 2.75) is 6.92 Å². The summed E-state index contributed by atoms with van der Waals surface area (Å²) in [5, 5.41) is 10.4. The van der Waals surface area contributed by atoms with Gasteiger partial charge in [0.1, 0.15) is 13.2 Å². The third-order valence-corrected chi connectivity index (χ3v) is 3.71. The zero-order chi connectivity index (χ0) is 17.2. The van der Waals surface area contributed by atoms with Crippen LogP contribution in [0.2, 0.25) is 0 Å². The fourth-order valence-corrected chi connectivity index (χ4v) is 2.52. The molecule has 0 radical (unpaired) electrons. The first kappa shape index (κ1) is 15.2. The van der Waals surface area contributed by atoms with Crippen LogP contribution in [0.25, 0.3) is 11.5 Å². The Morgan fingerprint density at radius 3 is 2.72 bits per heavy atom. The van der Waals surface area contributed by atoms with Gasteiger partial charge in [0.2, 0.25) is 5.89 Å². The maximum atomic E-state index is 12.4. The fourth-order valence-electron chi connectivity index (χ4n) is 2.52. The molecule has 0 atom stereocenters. The summed E-state index contributed by atoms with van der Waals surface area (Å²) in [6.45, 7) is 2.94. The number of hydrogen-bond donors (Lipinski definition) is 1. The van der Waals surface area contributed by atoms with Gasteiger partial charge in [0.15, 0.2) is 11.5 Å². The molecule has 0 saturated carbocycles. The summed E-state index contributed by atoms with van der Waals surface area (Å²) in [7, 11) is 0. The Morgan fingerprint density at radius 1 is 1.04 bits per heavy atom. The Bertz CT molecular complexity index is 936. The lowest BCUT2D eigenvalue weighted by atomic mass is 10.1. The molecule has 1 aliphatic heterocycles. The van der Waals surface area contributed by atoms with E-state index in [1.54, 1.807) is 18.2 Å². The highest BCUT2D eigenvalue weighted by Crippen LogP contribution is 2.31. The second kappa shape index (κ2) is 6.27. The molecule has 0 unspecified atom stereocenters. The van der Waals surface area contributed by atoms with Gasteiger partial charge in [-0.15, -0.1) is 5.10 Å². The number of amides is 1. The molecule has 1 N–H and O–H groups in total. The minimum atomic E-state index is -0.364. The number of benzene rings is 2. The molecule has 1 amide bonds. The van der Waals surface area contributed by atoms with E-state index in [9.17, 15) is 4.79 Å². The zero-order valence-electron chi connectivity index (χ0n) is 13.5. The number of nitrogens with one attached hydrogen (secondary N) is 1. The molecule has 1 aliphatic rings. The fraction of sp³-hybridized carbons (Fsp3) is 0.167. The van der Waals surface area contributed by atoms with E-state index < -0.39 is 0 Å².